The summed E-state index contributed by atoms with van der Waals surface area (Å²) < 4.78 is 5.67. The van der Waals surface area contributed by atoms with Crippen LogP contribution in [-0.2, 0) is 0 Å². The lowest BCUT2D eigenvalue weighted by atomic mass is 10.1. The van der Waals surface area contributed by atoms with E-state index in [4.69, 9.17) is 10.5 Å². The van der Waals surface area contributed by atoms with Gasteiger partial charge in [-0.25, -0.2) is 4.98 Å². The van der Waals surface area contributed by atoms with Crippen molar-refractivity contribution in [2.24, 2.45) is 5.73 Å². The first kappa shape index (κ1) is 13.1. The number of nitrogens with two attached hydrogens (primary N) is 1. The SMILES string of the molecule is Cc1csc(C(N)c2cccc(OC(C)C)c2)n1. The molecule has 1 aromatic carbocycles. The fourth-order valence-electron chi connectivity index (χ4n) is 1.71. The number of aromatic nitrogens is 1. The lowest BCUT2D eigenvalue weighted by Crippen LogP contribution is -2.12. The summed E-state index contributed by atoms with van der Waals surface area (Å²) in [6, 6.07) is 7.73. The van der Waals surface area contributed by atoms with Crippen LogP contribution < -0.4 is 10.5 Å². The van der Waals surface area contributed by atoms with Gasteiger partial charge in [0.2, 0.25) is 0 Å². The van der Waals surface area contributed by atoms with Gasteiger partial charge in [0, 0.05) is 11.1 Å². The molecule has 0 amide bonds. The van der Waals surface area contributed by atoms with Gasteiger partial charge in [0.1, 0.15) is 10.8 Å². The van der Waals surface area contributed by atoms with Gasteiger partial charge in [-0.05, 0) is 38.5 Å². The second-order valence-electron chi connectivity index (χ2n) is 4.54. The molecule has 0 aliphatic rings. The zero-order valence-electron chi connectivity index (χ0n) is 10.9. The summed E-state index contributed by atoms with van der Waals surface area (Å²) in [7, 11) is 0. The minimum Gasteiger partial charge on any atom is -0.491 e. The Labute approximate surface area is 112 Å². The molecule has 1 heterocycles. The van der Waals surface area contributed by atoms with Crippen LogP contribution in [0.15, 0.2) is 29.6 Å². The molecule has 2 N–H and O–H groups in total. The Bertz CT molecular complexity index is 522. The van der Waals surface area contributed by atoms with Crippen molar-refractivity contribution in [2.45, 2.75) is 32.9 Å². The Morgan fingerprint density at radius 1 is 1.33 bits per heavy atom. The van der Waals surface area contributed by atoms with Crippen LogP contribution in [0.1, 0.15) is 36.2 Å². The first-order chi connectivity index (χ1) is 8.56. The van der Waals surface area contributed by atoms with E-state index in [1.165, 1.54) is 0 Å². The van der Waals surface area contributed by atoms with Crippen molar-refractivity contribution in [2.75, 3.05) is 0 Å². The van der Waals surface area contributed by atoms with Crippen LogP contribution >= 0.6 is 11.3 Å². The number of rotatable bonds is 4. The highest BCUT2D eigenvalue weighted by atomic mass is 32.1. The van der Waals surface area contributed by atoms with Gasteiger partial charge in [-0.2, -0.15) is 0 Å². The standard InChI is InChI=1S/C14H18N2OS/c1-9(2)17-12-6-4-5-11(7-12)13(15)14-16-10(3)8-18-14/h4-9,13H,15H2,1-3H3. The van der Waals surface area contributed by atoms with Crippen molar-refractivity contribution in [1.82, 2.24) is 4.98 Å². The fraction of sp³-hybridized carbons (Fsp3) is 0.357. The minimum absolute atomic E-state index is 0.165. The third kappa shape index (κ3) is 3.09. The molecule has 2 rings (SSSR count). The summed E-state index contributed by atoms with van der Waals surface area (Å²) in [6.07, 6.45) is 0.165. The van der Waals surface area contributed by atoms with E-state index >= 15 is 0 Å². The first-order valence-electron chi connectivity index (χ1n) is 6.00. The van der Waals surface area contributed by atoms with E-state index in [1.807, 2.05) is 50.4 Å². The van der Waals surface area contributed by atoms with E-state index in [1.54, 1.807) is 11.3 Å². The lowest BCUT2D eigenvalue weighted by Gasteiger charge is -2.13. The number of ether oxygens (including phenoxy) is 1. The normalized spacial score (nSPS) is 12.7. The van der Waals surface area contributed by atoms with Crippen molar-refractivity contribution >= 4 is 11.3 Å². The van der Waals surface area contributed by atoms with E-state index in [-0.39, 0.29) is 12.1 Å². The van der Waals surface area contributed by atoms with Crippen molar-refractivity contribution in [3.8, 4) is 5.75 Å². The van der Waals surface area contributed by atoms with Crippen LogP contribution in [0, 0.1) is 6.92 Å². The Balaban J connectivity index is 2.22. The third-order valence-electron chi connectivity index (χ3n) is 2.49. The summed E-state index contributed by atoms with van der Waals surface area (Å²) in [5.74, 6) is 0.853. The molecule has 1 atom stereocenters. The largest absolute Gasteiger partial charge is 0.491 e. The van der Waals surface area contributed by atoms with Crippen LogP contribution in [-0.4, -0.2) is 11.1 Å². The number of hydrogen-bond acceptors (Lipinski definition) is 4. The number of benzene rings is 1. The van der Waals surface area contributed by atoms with Crippen LogP contribution in [0.25, 0.3) is 0 Å². The maximum absolute atomic E-state index is 6.22. The highest BCUT2D eigenvalue weighted by molar-refractivity contribution is 7.09. The Morgan fingerprint density at radius 2 is 2.11 bits per heavy atom. The molecule has 18 heavy (non-hydrogen) atoms. The van der Waals surface area contributed by atoms with Crippen LogP contribution in [0.3, 0.4) is 0 Å². The van der Waals surface area contributed by atoms with E-state index in [0.29, 0.717) is 0 Å². The molecular weight excluding hydrogens is 244 g/mol. The maximum atomic E-state index is 6.22. The molecule has 96 valence electrons. The minimum atomic E-state index is -0.181. The molecule has 0 aliphatic carbocycles. The fourth-order valence-corrected chi connectivity index (χ4v) is 2.53. The topological polar surface area (TPSA) is 48.1 Å². The van der Waals surface area contributed by atoms with Gasteiger partial charge in [-0.3, -0.25) is 0 Å². The smallest absolute Gasteiger partial charge is 0.120 e. The zero-order chi connectivity index (χ0) is 13.1. The summed E-state index contributed by atoms with van der Waals surface area (Å²) in [5.41, 5.74) is 8.27. The van der Waals surface area contributed by atoms with Gasteiger partial charge in [-0.1, -0.05) is 12.1 Å². The first-order valence-corrected chi connectivity index (χ1v) is 6.88. The van der Waals surface area contributed by atoms with Gasteiger partial charge in [-0.15, -0.1) is 11.3 Å². The van der Waals surface area contributed by atoms with Crippen molar-refractivity contribution in [3.05, 3.63) is 45.9 Å². The molecule has 0 aliphatic heterocycles. The van der Waals surface area contributed by atoms with Gasteiger partial charge in [0.15, 0.2) is 0 Å². The number of nitrogens with zero attached hydrogens (tertiary/aromatic N) is 1. The van der Waals surface area contributed by atoms with Crippen LogP contribution in [0.2, 0.25) is 0 Å². The lowest BCUT2D eigenvalue weighted by molar-refractivity contribution is 0.242. The monoisotopic (exact) mass is 262 g/mol. The van der Waals surface area contributed by atoms with E-state index < -0.39 is 0 Å². The van der Waals surface area contributed by atoms with Crippen molar-refractivity contribution < 1.29 is 4.74 Å². The molecular formula is C14H18N2OS. The van der Waals surface area contributed by atoms with Crippen LogP contribution in [0.4, 0.5) is 0 Å². The summed E-state index contributed by atoms with van der Waals surface area (Å²) in [5, 5.41) is 2.96. The van der Waals surface area contributed by atoms with Gasteiger partial charge in [0.25, 0.3) is 0 Å². The molecule has 0 spiro atoms. The van der Waals surface area contributed by atoms with Crippen LogP contribution in [0.5, 0.6) is 5.75 Å². The molecule has 0 bridgehead atoms. The number of aryl methyl sites for hydroxylation is 1. The molecule has 4 heteroatoms. The van der Waals surface area contributed by atoms with Crippen molar-refractivity contribution in [1.29, 1.82) is 0 Å². The summed E-state index contributed by atoms with van der Waals surface area (Å²) >= 11 is 1.60. The predicted molar refractivity (Wildman–Crippen MR) is 75.1 cm³/mol. The highest BCUT2D eigenvalue weighted by Gasteiger charge is 2.13. The molecule has 0 saturated heterocycles. The van der Waals surface area contributed by atoms with Gasteiger partial charge >= 0.3 is 0 Å². The molecule has 2 aromatic rings. The zero-order valence-corrected chi connectivity index (χ0v) is 11.7. The van der Waals surface area contributed by atoms with E-state index in [9.17, 15) is 0 Å². The average Bonchev–Trinajstić information content (AvgIpc) is 2.74. The van der Waals surface area contributed by atoms with E-state index in [2.05, 4.69) is 4.98 Å². The summed E-state index contributed by atoms with van der Waals surface area (Å²) in [4.78, 5) is 4.43. The maximum Gasteiger partial charge on any atom is 0.120 e. The van der Waals surface area contributed by atoms with Gasteiger partial charge in [0.05, 0.1) is 12.1 Å². The molecule has 0 fully saturated rings. The molecule has 3 nitrogen and oxygen atoms in total. The summed E-state index contributed by atoms with van der Waals surface area (Å²) in [6.45, 7) is 6.00. The third-order valence-corrected chi connectivity index (χ3v) is 3.54. The highest BCUT2D eigenvalue weighted by Crippen LogP contribution is 2.25. The number of thiazole rings is 1. The molecule has 1 unspecified atom stereocenters. The molecule has 0 radical (unpaired) electrons. The Kier molecular flexibility index (Phi) is 3.99. The molecule has 1 aromatic heterocycles. The second-order valence-corrected chi connectivity index (χ2v) is 5.43. The predicted octanol–water partition coefficient (Wildman–Crippen LogP) is 3.29. The quantitative estimate of drug-likeness (QED) is 0.919. The van der Waals surface area contributed by atoms with Gasteiger partial charge < -0.3 is 10.5 Å². The average molecular weight is 262 g/mol. The number of hydrogen-bond donors (Lipinski definition) is 1. The second kappa shape index (κ2) is 5.50. The Hall–Kier alpha value is -1.39. The Morgan fingerprint density at radius 3 is 2.72 bits per heavy atom. The van der Waals surface area contributed by atoms with E-state index in [0.717, 1.165) is 22.0 Å². The van der Waals surface area contributed by atoms with Crippen molar-refractivity contribution in [3.63, 3.8) is 0 Å². The molecule has 0 saturated carbocycles.